The summed E-state index contributed by atoms with van der Waals surface area (Å²) in [6, 6.07) is 7.57. The minimum absolute atomic E-state index is 0.0101. The van der Waals surface area contributed by atoms with Gasteiger partial charge in [-0.15, -0.1) is 0 Å². The van der Waals surface area contributed by atoms with E-state index >= 15 is 0 Å². The van der Waals surface area contributed by atoms with E-state index in [1.807, 2.05) is 0 Å². The lowest BCUT2D eigenvalue weighted by Crippen LogP contribution is -1.97. The number of fused-ring (bicyclic) bond motifs is 1. The molecule has 0 saturated carbocycles. The van der Waals surface area contributed by atoms with Gasteiger partial charge in [0.2, 0.25) is 5.52 Å². The van der Waals surface area contributed by atoms with Crippen LogP contribution in [0.15, 0.2) is 50.8 Å². The van der Waals surface area contributed by atoms with Gasteiger partial charge in [-0.05, 0) is 28.5 Å². The fraction of sp³-hybridized carbons (Fsp3) is 0. The molecule has 2 aromatic carbocycles. The van der Waals surface area contributed by atoms with E-state index in [0.29, 0.717) is 0 Å². The van der Waals surface area contributed by atoms with Crippen LogP contribution < -0.4 is 0 Å². The van der Waals surface area contributed by atoms with E-state index in [-0.39, 0.29) is 32.2 Å². The first-order valence-corrected chi connectivity index (χ1v) is 7.20. The van der Waals surface area contributed by atoms with Crippen molar-refractivity contribution in [2.24, 2.45) is 0 Å². The molecule has 11 heteroatoms. The lowest BCUT2D eigenvalue weighted by Gasteiger charge is -2.02. The van der Waals surface area contributed by atoms with Gasteiger partial charge in [-0.2, -0.15) is 0 Å². The summed E-state index contributed by atoms with van der Waals surface area (Å²) in [5.41, 5.74) is -0.549. The van der Waals surface area contributed by atoms with Crippen molar-refractivity contribution >= 4 is 33.2 Å². The van der Waals surface area contributed by atoms with Crippen LogP contribution in [-0.2, 0) is 10.8 Å². The van der Waals surface area contributed by atoms with Gasteiger partial charge in [-0.25, -0.2) is 8.84 Å². The van der Waals surface area contributed by atoms with Gasteiger partial charge in [0.15, 0.2) is 5.52 Å². The summed E-state index contributed by atoms with van der Waals surface area (Å²) < 4.78 is 17.1. The SMILES string of the molecule is O=[N+]([O-])c1ccc(S(=O)c2ccc([N+](=O)[O-])c3nonc23)cc1. The van der Waals surface area contributed by atoms with E-state index in [1.54, 1.807) is 0 Å². The molecule has 10 nitrogen and oxygen atoms in total. The van der Waals surface area contributed by atoms with Gasteiger partial charge in [-0.3, -0.25) is 20.2 Å². The van der Waals surface area contributed by atoms with Crippen LogP contribution in [0.1, 0.15) is 0 Å². The van der Waals surface area contributed by atoms with E-state index < -0.39 is 20.6 Å². The number of nitro benzene ring substituents is 2. The predicted octanol–water partition coefficient (Wildman–Crippen LogP) is 2.21. The Hall–Kier alpha value is -3.21. The number of hydrogen-bond donors (Lipinski definition) is 0. The average Bonchev–Trinajstić information content (AvgIpc) is 3.02. The topological polar surface area (TPSA) is 142 Å². The minimum Gasteiger partial charge on any atom is -0.258 e. The van der Waals surface area contributed by atoms with Crippen LogP contribution in [0.3, 0.4) is 0 Å². The Morgan fingerprint density at radius 3 is 2.17 bits per heavy atom. The molecular weight excluding hydrogens is 328 g/mol. The van der Waals surface area contributed by atoms with E-state index in [2.05, 4.69) is 14.9 Å². The molecule has 0 amide bonds. The Labute approximate surface area is 129 Å². The van der Waals surface area contributed by atoms with Gasteiger partial charge < -0.3 is 0 Å². The van der Waals surface area contributed by atoms with Crippen LogP contribution in [0, 0.1) is 20.2 Å². The quantitative estimate of drug-likeness (QED) is 0.522. The number of rotatable bonds is 4. The van der Waals surface area contributed by atoms with Gasteiger partial charge in [0, 0.05) is 23.1 Å². The van der Waals surface area contributed by atoms with Crippen LogP contribution in [0.5, 0.6) is 0 Å². The maximum Gasteiger partial charge on any atom is 0.300 e. The first kappa shape index (κ1) is 14.7. The molecule has 3 rings (SSSR count). The molecule has 23 heavy (non-hydrogen) atoms. The molecule has 0 aliphatic rings. The molecule has 1 atom stereocenters. The average molecular weight is 334 g/mol. The highest BCUT2D eigenvalue weighted by atomic mass is 32.2. The third kappa shape index (κ3) is 2.53. The van der Waals surface area contributed by atoms with Gasteiger partial charge in [0.1, 0.15) is 0 Å². The van der Waals surface area contributed by atoms with Crippen molar-refractivity contribution < 1.29 is 18.7 Å². The summed E-state index contributed by atoms with van der Waals surface area (Å²) in [6.07, 6.45) is 0. The van der Waals surface area contributed by atoms with Crippen molar-refractivity contribution in [3.05, 3.63) is 56.6 Å². The van der Waals surface area contributed by atoms with Crippen LogP contribution >= 0.6 is 0 Å². The molecule has 0 bridgehead atoms. The highest BCUT2D eigenvalue weighted by molar-refractivity contribution is 7.85. The lowest BCUT2D eigenvalue weighted by molar-refractivity contribution is -0.384. The monoisotopic (exact) mass is 334 g/mol. The Balaban J connectivity index is 2.08. The maximum atomic E-state index is 12.6. The van der Waals surface area contributed by atoms with Gasteiger partial charge >= 0.3 is 5.69 Å². The van der Waals surface area contributed by atoms with Crippen molar-refractivity contribution in [3.8, 4) is 0 Å². The fourth-order valence-electron chi connectivity index (χ4n) is 1.95. The summed E-state index contributed by atoms with van der Waals surface area (Å²) in [4.78, 5) is 20.8. The molecule has 0 fully saturated rings. The second kappa shape index (κ2) is 5.53. The molecule has 0 saturated heterocycles. The fourth-order valence-corrected chi connectivity index (χ4v) is 3.08. The molecule has 1 aromatic heterocycles. The third-order valence-electron chi connectivity index (χ3n) is 3.02. The summed E-state index contributed by atoms with van der Waals surface area (Å²) in [5.74, 6) is 0. The lowest BCUT2D eigenvalue weighted by atomic mass is 10.3. The highest BCUT2D eigenvalue weighted by Crippen LogP contribution is 2.30. The molecule has 0 radical (unpaired) electrons. The van der Waals surface area contributed by atoms with Crippen LogP contribution in [-0.4, -0.2) is 24.4 Å². The van der Waals surface area contributed by atoms with E-state index in [4.69, 9.17) is 0 Å². The third-order valence-corrected chi connectivity index (χ3v) is 4.44. The number of nitrogens with zero attached hydrogens (tertiary/aromatic N) is 4. The summed E-state index contributed by atoms with van der Waals surface area (Å²) in [5, 5.41) is 28.6. The second-order valence-electron chi connectivity index (χ2n) is 4.32. The number of non-ortho nitro benzene ring substituents is 2. The molecule has 3 aromatic rings. The number of aromatic nitrogens is 2. The summed E-state index contributed by atoms with van der Waals surface area (Å²) >= 11 is 0. The van der Waals surface area contributed by atoms with Gasteiger partial charge in [0.05, 0.1) is 25.5 Å². The normalized spacial score (nSPS) is 12.2. The molecule has 116 valence electrons. The van der Waals surface area contributed by atoms with E-state index in [0.717, 1.165) is 6.07 Å². The first-order valence-electron chi connectivity index (χ1n) is 6.05. The summed E-state index contributed by atoms with van der Waals surface area (Å²) in [6.45, 7) is 0. The standard InChI is InChI=1S/C12H6N4O6S/c17-15(18)7-1-3-8(4-2-7)23(21)10-6-5-9(16(19)20)11-12(10)14-22-13-11/h1-6H. The molecule has 0 aliphatic carbocycles. The molecule has 0 N–H and O–H groups in total. The van der Waals surface area contributed by atoms with Crippen molar-refractivity contribution in [3.63, 3.8) is 0 Å². The maximum absolute atomic E-state index is 12.6. The first-order chi connectivity index (χ1) is 11.0. The summed E-state index contributed by atoms with van der Waals surface area (Å²) in [7, 11) is -1.75. The van der Waals surface area contributed by atoms with Crippen molar-refractivity contribution in [1.29, 1.82) is 0 Å². The Morgan fingerprint density at radius 2 is 1.57 bits per heavy atom. The Morgan fingerprint density at radius 1 is 0.913 bits per heavy atom. The smallest absolute Gasteiger partial charge is 0.258 e. The van der Waals surface area contributed by atoms with E-state index in [9.17, 15) is 24.4 Å². The van der Waals surface area contributed by atoms with Crippen LogP contribution in [0.25, 0.3) is 11.0 Å². The predicted molar refractivity (Wildman–Crippen MR) is 76.2 cm³/mol. The van der Waals surface area contributed by atoms with Gasteiger partial charge in [0.25, 0.3) is 5.69 Å². The second-order valence-corrected chi connectivity index (χ2v) is 5.77. The number of nitro groups is 2. The van der Waals surface area contributed by atoms with Crippen molar-refractivity contribution in [1.82, 2.24) is 10.3 Å². The molecule has 1 heterocycles. The Kier molecular flexibility index (Phi) is 3.54. The highest BCUT2D eigenvalue weighted by Gasteiger charge is 2.23. The molecule has 1 unspecified atom stereocenters. The molecule has 0 aliphatic heterocycles. The van der Waals surface area contributed by atoms with Crippen molar-refractivity contribution in [2.75, 3.05) is 0 Å². The zero-order valence-corrected chi connectivity index (χ0v) is 11.9. The number of hydrogen-bond acceptors (Lipinski definition) is 8. The molecule has 0 spiro atoms. The number of benzene rings is 2. The molecular formula is C12H6N4O6S. The minimum atomic E-state index is -1.75. The zero-order chi connectivity index (χ0) is 16.6. The van der Waals surface area contributed by atoms with Gasteiger partial charge in [-0.1, -0.05) is 0 Å². The zero-order valence-electron chi connectivity index (χ0n) is 11.1. The van der Waals surface area contributed by atoms with Crippen molar-refractivity contribution in [2.45, 2.75) is 9.79 Å². The van der Waals surface area contributed by atoms with E-state index in [1.165, 1.54) is 30.3 Å². The van der Waals surface area contributed by atoms with Crippen LogP contribution in [0.2, 0.25) is 0 Å². The van der Waals surface area contributed by atoms with Crippen LogP contribution in [0.4, 0.5) is 11.4 Å². The Bertz CT molecular complexity index is 952. The largest absolute Gasteiger partial charge is 0.300 e.